The minimum absolute atomic E-state index is 0.273. The van der Waals surface area contributed by atoms with Gasteiger partial charge in [0.1, 0.15) is 0 Å². The summed E-state index contributed by atoms with van der Waals surface area (Å²) < 4.78 is 0. The largest absolute Gasteiger partial charge is 0.368 e. The smallest absolute Gasteiger partial charge is 0.0894 e. The van der Waals surface area contributed by atoms with Crippen LogP contribution in [0.1, 0.15) is 24.2 Å². The van der Waals surface area contributed by atoms with Gasteiger partial charge in [0, 0.05) is 13.2 Å². The highest BCUT2D eigenvalue weighted by molar-refractivity contribution is 5.29. The van der Waals surface area contributed by atoms with Crippen LogP contribution in [-0.2, 0) is 0 Å². The van der Waals surface area contributed by atoms with E-state index in [0.29, 0.717) is 0 Å². The Kier molecular flexibility index (Phi) is 2.58. The fourth-order valence-corrected chi connectivity index (χ4v) is 1.77. The Bertz CT molecular complexity index is 418. The number of aromatic nitrogens is 1. The maximum atomic E-state index is 4.43. The lowest BCUT2D eigenvalue weighted by molar-refractivity contribution is 0.380. The van der Waals surface area contributed by atoms with Crippen molar-refractivity contribution in [3.05, 3.63) is 53.5 Å². The zero-order valence-electron chi connectivity index (χ0n) is 9.44. The summed E-state index contributed by atoms with van der Waals surface area (Å²) in [7, 11) is 2.08. The van der Waals surface area contributed by atoms with Crippen LogP contribution in [-0.4, -0.2) is 16.9 Å². The second kappa shape index (κ2) is 3.89. The molecule has 15 heavy (non-hydrogen) atoms. The third-order valence-corrected chi connectivity index (χ3v) is 2.67. The zero-order valence-corrected chi connectivity index (χ0v) is 9.44. The molecule has 1 aromatic rings. The quantitative estimate of drug-likeness (QED) is 0.693. The van der Waals surface area contributed by atoms with E-state index < -0.39 is 0 Å². The van der Waals surface area contributed by atoms with E-state index in [1.165, 1.54) is 11.1 Å². The molecule has 2 heterocycles. The summed E-state index contributed by atoms with van der Waals surface area (Å²) >= 11 is 0. The predicted octanol–water partition coefficient (Wildman–Crippen LogP) is 2.84. The van der Waals surface area contributed by atoms with Crippen LogP contribution in [0.4, 0.5) is 0 Å². The third kappa shape index (κ3) is 2.09. The van der Waals surface area contributed by atoms with E-state index >= 15 is 0 Å². The van der Waals surface area contributed by atoms with Gasteiger partial charge in [-0.3, -0.25) is 4.98 Å². The van der Waals surface area contributed by atoms with Crippen molar-refractivity contribution < 1.29 is 0 Å². The molecule has 2 rings (SSSR count). The molecule has 0 fully saturated rings. The van der Waals surface area contributed by atoms with Gasteiger partial charge in [-0.1, -0.05) is 11.6 Å². The number of aryl methyl sites for hydroxylation is 1. The van der Waals surface area contributed by atoms with Gasteiger partial charge in [0.15, 0.2) is 0 Å². The maximum Gasteiger partial charge on any atom is 0.0894 e. The Morgan fingerprint density at radius 2 is 2.13 bits per heavy atom. The maximum absolute atomic E-state index is 4.43. The van der Waals surface area contributed by atoms with Crippen molar-refractivity contribution in [3.63, 3.8) is 0 Å². The highest BCUT2D eigenvalue weighted by atomic mass is 15.1. The van der Waals surface area contributed by atoms with Crippen molar-refractivity contribution >= 4 is 0 Å². The molecule has 0 aliphatic carbocycles. The normalized spacial score (nSPS) is 20.3. The van der Waals surface area contributed by atoms with Gasteiger partial charge >= 0.3 is 0 Å². The lowest BCUT2D eigenvalue weighted by Gasteiger charge is -2.27. The van der Waals surface area contributed by atoms with E-state index in [4.69, 9.17) is 0 Å². The molecule has 1 aromatic heterocycles. The molecular weight excluding hydrogens is 184 g/mol. The molecule has 2 nitrogen and oxygen atoms in total. The van der Waals surface area contributed by atoms with E-state index in [-0.39, 0.29) is 6.04 Å². The van der Waals surface area contributed by atoms with Crippen LogP contribution in [0, 0.1) is 6.92 Å². The van der Waals surface area contributed by atoms with Crippen LogP contribution >= 0.6 is 0 Å². The Morgan fingerprint density at radius 1 is 1.33 bits per heavy atom. The first-order valence-corrected chi connectivity index (χ1v) is 5.18. The van der Waals surface area contributed by atoms with E-state index in [9.17, 15) is 0 Å². The number of hydrogen-bond acceptors (Lipinski definition) is 2. The molecule has 2 heteroatoms. The molecule has 1 unspecified atom stereocenters. The Morgan fingerprint density at radius 3 is 2.87 bits per heavy atom. The molecule has 0 saturated carbocycles. The zero-order chi connectivity index (χ0) is 10.8. The molecule has 0 radical (unpaired) electrons. The number of allylic oxidation sites excluding steroid dienone is 2. The number of rotatable bonds is 1. The van der Waals surface area contributed by atoms with Crippen molar-refractivity contribution in [3.8, 4) is 0 Å². The predicted molar refractivity (Wildman–Crippen MR) is 62.4 cm³/mol. The van der Waals surface area contributed by atoms with E-state index in [0.717, 1.165) is 5.69 Å². The molecule has 0 aromatic carbocycles. The summed E-state index contributed by atoms with van der Waals surface area (Å²) in [6, 6.07) is 4.44. The minimum Gasteiger partial charge on any atom is -0.368 e. The molecule has 0 N–H and O–H groups in total. The second-order valence-corrected chi connectivity index (χ2v) is 4.09. The second-order valence-electron chi connectivity index (χ2n) is 4.09. The molecule has 0 bridgehead atoms. The Hall–Kier alpha value is -1.57. The minimum atomic E-state index is 0.273. The molecule has 1 atom stereocenters. The lowest BCUT2D eigenvalue weighted by atomic mass is 10.0. The number of hydrogen-bond donors (Lipinski definition) is 0. The number of likely N-dealkylation sites (N-methyl/N-ethyl adjacent to an activating group) is 1. The summed E-state index contributed by atoms with van der Waals surface area (Å²) in [6.07, 6.45) is 8.33. The highest BCUT2D eigenvalue weighted by Gasteiger charge is 2.15. The fraction of sp³-hybridized carbons (Fsp3) is 0.308. The van der Waals surface area contributed by atoms with Crippen LogP contribution in [0.2, 0.25) is 0 Å². The average Bonchev–Trinajstić information content (AvgIpc) is 2.22. The van der Waals surface area contributed by atoms with E-state index in [2.05, 4.69) is 55.2 Å². The van der Waals surface area contributed by atoms with Gasteiger partial charge in [-0.05, 0) is 43.8 Å². The summed E-state index contributed by atoms with van der Waals surface area (Å²) in [4.78, 5) is 6.60. The van der Waals surface area contributed by atoms with Crippen molar-refractivity contribution in [2.45, 2.75) is 19.9 Å². The molecule has 0 spiro atoms. The van der Waals surface area contributed by atoms with Gasteiger partial charge < -0.3 is 4.90 Å². The van der Waals surface area contributed by atoms with Crippen molar-refractivity contribution in [1.82, 2.24) is 9.88 Å². The van der Waals surface area contributed by atoms with Crippen LogP contribution in [0.15, 0.2) is 42.3 Å². The van der Waals surface area contributed by atoms with Gasteiger partial charge in [0.25, 0.3) is 0 Å². The van der Waals surface area contributed by atoms with Crippen LogP contribution < -0.4 is 0 Å². The van der Waals surface area contributed by atoms with Gasteiger partial charge in [0.05, 0.1) is 11.7 Å². The molecule has 0 saturated heterocycles. The van der Waals surface area contributed by atoms with E-state index in [1.807, 2.05) is 12.3 Å². The van der Waals surface area contributed by atoms with Crippen LogP contribution in [0.5, 0.6) is 0 Å². The Labute approximate surface area is 90.9 Å². The average molecular weight is 200 g/mol. The first-order chi connectivity index (χ1) is 7.16. The standard InChI is InChI=1S/C13H16N2/c1-10-4-6-14-12(8-10)13-9-11(2)5-7-15(13)3/h4-9,13H,1-3H3. The molecular formula is C13H16N2. The van der Waals surface area contributed by atoms with E-state index in [1.54, 1.807) is 0 Å². The first kappa shape index (κ1) is 9.97. The van der Waals surface area contributed by atoms with Gasteiger partial charge in [-0.15, -0.1) is 0 Å². The van der Waals surface area contributed by atoms with Crippen LogP contribution in [0.25, 0.3) is 0 Å². The monoisotopic (exact) mass is 200 g/mol. The van der Waals surface area contributed by atoms with Crippen LogP contribution in [0.3, 0.4) is 0 Å². The molecule has 1 aliphatic heterocycles. The summed E-state index contributed by atoms with van der Waals surface area (Å²) in [5.41, 5.74) is 3.66. The van der Waals surface area contributed by atoms with Crippen molar-refractivity contribution in [2.24, 2.45) is 0 Å². The fourth-order valence-electron chi connectivity index (χ4n) is 1.77. The Balaban J connectivity index is 2.35. The molecule has 1 aliphatic rings. The highest BCUT2D eigenvalue weighted by Crippen LogP contribution is 2.25. The lowest BCUT2D eigenvalue weighted by Crippen LogP contribution is -2.20. The van der Waals surface area contributed by atoms with Gasteiger partial charge in [0.2, 0.25) is 0 Å². The summed E-state index contributed by atoms with van der Waals surface area (Å²) in [5.74, 6) is 0. The van der Waals surface area contributed by atoms with Gasteiger partial charge in [-0.2, -0.15) is 0 Å². The third-order valence-electron chi connectivity index (χ3n) is 2.67. The van der Waals surface area contributed by atoms with Crippen molar-refractivity contribution in [1.29, 1.82) is 0 Å². The number of pyridine rings is 1. The molecule has 0 amide bonds. The van der Waals surface area contributed by atoms with Gasteiger partial charge in [-0.25, -0.2) is 0 Å². The summed E-state index contributed by atoms with van der Waals surface area (Å²) in [5, 5.41) is 0. The number of nitrogens with zero attached hydrogens (tertiary/aromatic N) is 2. The SMILES string of the molecule is CC1=CC(c2cc(C)ccn2)N(C)C=C1. The van der Waals surface area contributed by atoms with Crippen molar-refractivity contribution in [2.75, 3.05) is 7.05 Å². The topological polar surface area (TPSA) is 16.1 Å². The first-order valence-electron chi connectivity index (χ1n) is 5.18. The molecule has 78 valence electrons. The summed E-state index contributed by atoms with van der Waals surface area (Å²) in [6.45, 7) is 4.21.